The molecule has 0 saturated heterocycles. The van der Waals surface area contributed by atoms with E-state index in [1.807, 2.05) is 6.07 Å². The summed E-state index contributed by atoms with van der Waals surface area (Å²) in [6.45, 7) is -0.411. The Morgan fingerprint density at radius 2 is 2.42 bits per heavy atom. The van der Waals surface area contributed by atoms with Crippen LogP contribution in [0.1, 0.15) is 5.69 Å². The summed E-state index contributed by atoms with van der Waals surface area (Å²) in [5.74, 6) is 0. The van der Waals surface area contributed by atoms with Crippen molar-refractivity contribution >= 4 is 0 Å². The summed E-state index contributed by atoms with van der Waals surface area (Å²) in [5.41, 5.74) is 0.526. The summed E-state index contributed by atoms with van der Waals surface area (Å²) in [6, 6.07) is 3.45. The van der Waals surface area contributed by atoms with E-state index in [9.17, 15) is 8.78 Å². The first kappa shape index (κ1) is 8.65. The van der Waals surface area contributed by atoms with E-state index in [1.54, 1.807) is 6.07 Å². The lowest BCUT2D eigenvalue weighted by atomic mass is 10.3. The van der Waals surface area contributed by atoms with Crippen molar-refractivity contribution in [3.05, 3.63) is 18.0 Å². The third kappa shape index (κ3) is 2.31. The molecule has 0 radical (unpaired) electrons. The summed E-state index contributed by atoms with van der Waals surface area (Å²) >= 11 is 0. The predicted octanol–water partition coefficient (Wildman–Crippen LogP) is 1.21. The molecule has 0 atom stereocenters. The highest BCUT2D eigenvalue weighted by Crippen LogP contribution is 2.00. The van der Waals surface area contributed by atoms with Crippen molar-refractivity contribution < 1.29 is 8.78 Å². The van der Waals surface area contributed by atoms with E-state index in [4.69, 9.17) is 5.26 Å². The smallest absolute Gasteiger partial charge is 0.257 e. The van der Waals surface area contributed by atoms with E-state index < -0.39 is 13.0 Å². The predicted molar refractivity (Wildman–Crippen MR) is 37.5 cm³/mol. The van der Waals surface area contributed by atoms with E-state index >= 15 is 0 Å². The molecular weight excluding hydrogens is 164 g/mol. The van der Waals surface area contributed by atoms with Gasteiger partial charge in [0.1, 0.15) is 6.54 Å². The molecule has 0 bridgehead atoms. The highest BCUT2D eigenvalue weighted by Gasteiger charge is 2.04. The van der Waals surface area contributed by atoms with E-state index in [0.717, 1.165) is 4.68 Å². The van der Waals surface area contributed by atoms with Gasteiger partial charge in [-0.15, -0.1) is 0 Å². The molecule has 1 rings (SSSR count). The standard InChI is InChI=1S/C7H7F2N3/c8-7(9)5-12-4-2-6(11-12)1-3-10/h2,4,7H,1,5H2. The van der Waals surface area contributed by atoms with Crippen LogP contribution in [0.2, 0.25) is 0 Å². The number of aromatic nitrogens is 2. The van der Waals surface area contributed by atoms with Gasteiger partial charge < -0.3 is 0 Å². The maximum Gasteiger partial charge on any atom is 0.257 e. The van der Waals surface area contributed by atoms with Crippen LogP contribution in [-0.4, -0.2) is 16.2 Å². The Bertz CT molecular complexity index is 287. The average Bonchev–Trinajstić information content (AvgIpc) is 2.36. The number of halogens is 2. The molecular formula is C7H7F2N3. The van der Waals surface area contributed by atoms with E-state index in [1.165, 1.54) is 6.20 Å². The van der Waals surface area contributed by atoms with E-state index in [2.05, 4.69) is 5.10 Å². The molecule has 0 aliphatic carbocycles. The number of nitrogens with zero attached hydrogens (tertiary/aromatic N) is 3. The molecule has 0 spiro atoms. The Balaban J connectivity index is 2.59. The van der Waals surface area contributed by atoms with Gasteiger partial charge in [0.2, 0.25) is 0 Å². The topological polar surface area (TPSA) is 41.6 Å². The van der Waals surface area contributed by atoms with Gasteiger partial charge in [-0.05, 0) is 6.07 Å². The maximum atomic E-state index is 11.8. The van der Waals surface area contributed by atoms with Crippen LogP contribution in [0.4, 0.5) is 8.78 Å². The first-order chi connectivity index (χ1) is 5.72. The zero-order valence-electron chi connectivity index (χ0n) is 6.24. The second kappa shape index (κ2) is 3.81. The van der Waals surface area contributed by atoms with Crippen molar-refractivity contribution in [1.82, 2.24) is 9.78 Å². The molecule has 5 heteroatoms. The van der Waals surface area contributed by atoms with Crippen molar-refractivity contribution in [1.29, 1.82) is 5.26 Å². The number of rotatable bonds is 3. The van der Waals surface area contributed by atoms with Gasteiger partial charge >= 0.3 is 0 Å². The summed E-state index contributed by atoms with van der Waals surface area (Å²) in [5, 5.41) is 12.0. The average molecular weight is 171 g/mol. The first-order valence-electron chi connectivity index (χ1n) is 3.40. The molecule has 1 aromatic rings. The van der Waals surface area contributed by atoms with Gasteiger partial charge in [0.15, 0.2) is 0 Å². The van der Waals surface area contributed by atoms with Crippen molar-refractivity contribution in [2.24, 2.45) is 0 Å². The van der Waals surface area contributed by atoms with Gasteiger partial charge in [-0.1, -0.05) is 0 Å². The Morgan fingerprint density at radius 1 is 1.67 bits per heavy atom. The van der Waals surface area contributed by atoms with Gasteiger partial charge in [0.05, 0.1) is 18.2 Å². The van der Waals surface area contributed by atoms with Crippen molar-refractivity contribution in [3.8, 4) is 6.07 Å². The van der Waals surface area contributed by atoms with Crippen LogP contribution < -0.4 is 0 Å². The number of alkyl halides is 2. The third-order valence-electron chi connectivity index (χ3n) is 1.28. The number of hydrogen-bond donors (Lipinski definition) is 0. The molecule has 0 aromatic carbocycles. The summed E-state index contributed by atoms with van der Waals surface area (Å²) < 4.78 is 24.7. The van der Waals surface area contributed by atoms with Crippen LogP contribution in [0.5, 0.6) is 0 Å². The van der Waals surface area contributed by atoms with E-state index in [-0.39, 0.29) is 6.42 Å². The zero-order valence-corrected chi connectivity index (χ0v) is 6.24. The highest BCUT2D eigenvalue weighted by atomic mass is 19.3. The minimum Gasteiger partial charge on any atom is -0.267 e. The van der Waals surface area contributed by atoms with Crippen LogP contribution in [0.25, 0.3) is 0 Å². The molecule has 0 saturated carbocycles. The largest absolute Gasteiger partial charge is 0.267 e. The van der Waals surface area contributed by atoms with Crippen LogP contribution >= 0.6 is 0 Å². The molecule has 0 fully saturated rings. The fourth-order valence-corrected chi connectivity index (χ4v) is 0.822. The molecule has 0 unspecified atom stereocenters. The minimum atomic E-state index is -2.40. The molecule has 0 amide bonds. The maximum absolute atomic E-state index is 11.8. The number of hydrogen-bond acceptors (Lipinski definition) is 2. The Morgan fingerprint density at radius 3 is 3.00 bits per heavy atom. The SMILES string of the molecule is N#CCc1ccn(CC(F)F)n1. The zero-order chi connectivity index (χ0) is 8.97. The molecule has 1 heterocycles. The van der Waals surface area contributed by atoms with Crippen molar-refractivity contribution in [2.75, 3.05) is 0 Å². The monoisotopic (exact) mass is 171 g/mol. The molecule has 1 aromatic heterocycles. The second-order valence-electron chi connectivity index (χ2n) is 2.26. The van der Waals surface area contributed by atoms with Crippen molar-refractivity contribution in [2.45, 2.75) is 19.4 Å². The van der Waals surface area contributed by atoms with Gasteiger partial charge in [-0.3, -0.25) is 4.68 Å². The first-order valence-corrected chi connectivity index (χ1v) is 3.40. The summed E-state index contributed by atoms with van der Waals surface area (Å²) in [4.78, 5) is 0. The molecule has 0 N–H and O–H groups in total. The lowest BCUT2D eigenvalue weighted by Gasteiger charge is -1.97. The highest BCUT2D eigenvalue weighted by molar-refractivity contribution is 5.04. The molecule has 12 heavy (non-hydrogen) atoms. The van der Waals surface area contributed by atoms with Gasteiger partial charge in [-0.2, -0.15) is 10.4 Å². The van der Waals surface area contributed by atoms with E-state index in [0.29, 0.717) is 5.69 Å². The van der Waals surface area contributed by atoms with Crippen LogP contribution in [0.3, 0.4) is 0 Å². The second-order valence-corrected chi connectivity index (χ2v) is 2.26. The van der Waals surface area contributed by atoms with Gasteiger partial charge in [0.25, 0.3) is 6.43 Å². The third-order valence-corrected chi connectivity index (χ3v) is 1.28. The molecule has 0 aliphatic rings. The minimum absolute atomic E-state index is 0.163. The quantitative estimate of drug-likeness (QED) is 0.686. The molecule has 0 aliphatic heterocycles. The summed E-state index contributed by atoms with van der Waals surface area (Å²) in [7, 11) is 0. The normalized spacial score (nSPS) is 10.2. The molecule has 64 valence electrons. The Labute approximate surface area is 68.2 Å². The fraction of sp³-hybridized carbons (Fsp3) is 0.429. The summed E-state index contributed by atoms with van der Waals surface area (Å²) in [6.07, 6.45) is -0.797. The van der Waals surface area contributed by atoms with Gasteiger partial charge in [0, 0.05) is 6.20 Å². The van der Waals surface area contributed by atoms with Crippen molar-refractivity contribution in [3.63, 3.8) is 0 Å². The Kier molecular flexibility index (Phi) is 2.75. The van der Waals surface area contributed by atoms with Crippen LogP contribution in [0.15, 0.2) is 12.3 Å². The lowest BCUT2D eigenvalue weighted by molar-refractivity contribution is 0.121. The number of nitriles is 1. The fourth-order valence-electron chi connectivity index (χ4n) is 0.822. The van der Waals surface area contributed by atoms with Crippen LogP contribution in [0, 0.1) is 11.3 Å². The Hall–Kier alpha value is -1.44. The lowest BCUT2D eigenvalue weighted by Crippen LogP contribution is -2.07. The van der Waals surface area contributed by atoms with Crippen LogP contribution in [-0.2, 0) is 13.0 Å². The van der Waals surface area contributed by atoms with Gasteiger partial charge in [-0.25, -0.2) is 8.78 Å². The molecule has 3 nitrogen and oxygen atoms in total.